The number of nitrogens with one attached hydrogen (secondary N) is 2. The van der Waals surface area contributed by atoms with Gasteiger partial charge in [-0.2, -0.15) is 5.10 Å². The van der Waals surface area contributed by atoms with E-state index in [0.29, 0.717) is 12.2 Å². The highest BCUT2D eigenvalue weighted by Crippen LogP contribution is 2.24. The van der Waals surface area contributed by atoms with Crippen LogP contribution in [0.15, 0.2) is 18.3 Å². The molecule has 2 aromatic rings. The number of ether oxygens (including phenoxy) is 1. The molecule has 0 saturated carbocycles. The van der Waals surface area contributed by atoms with Gasteiger partial charge in [0.05, 0.1) is 29.7 Å². The second-order valence-electron chi connectivity index (χ2n) is 3.79. The van der Waals surface area contributed by atoms with E-state index in [1.807, 2.05) is 6.07 Å². The van der Waals surface area contributed by atoms with Gasteiger partial charge in [0, 0.05) is 11.9 Å². The average Bonchev–Trinajstić information content (AvgIpc) is 2.75. The van der Waals surface area contributed by atoms with Gasteiger partial charge >= 0.3 is 0 Å². The lowest BCUT2D eigenvalue weighted by Crippen LogP contribution is -2.13. The smallest absolute Gasteiger partial charge is 0.261 e. The molecule has 7 heteroatoms. The molecule has 0 radical (unpaired) electrons. The fourth-order valence-electron chi connectivity index (χ4n) is 1.59. The Morgan fingerprint density at radius 1 is 1.44 bits per heavy atom. The minimum atomic E-state index is -2.43. The Kier molecular flexibility index (Phi) is 3.93. The number of benzene rings is 1. The van der Waals surface area contributed by atoms with Gasteiger partial charge in [0.25, 0.3) is 6.43 Å². The van der Waals surface area contributed by atoms with Gasteiger partial charge in [-0.25, -0.2) is 8.78 Å². The predicted molar refractivity (Wildman–Crippen MR) is 65.8 cm³/mol. The van der Waals surface area contributed by atoms with E-state index >= 15 is 0 Å². The number of nitrogen functional groups attached to an aromatic ring is 1. The SMILES string of the molecule is Nc1cc2cn[nH]c2cc1NCCOCC(F)F. The lowest BCUT2D eigenvalue weighted by atomic mass is 10.2. The first-order valence-electron chi connectivity index (χ1n) is 5.49. The average molecular weight is 256 g/mol. The quantitative estimate of drug-likeness (QED) is 0.544. The molecular weight excluding hydrogens is 242 g/mol. The summed E-state index contributed by atoms with van der Waals surface area (Å²) < 4.78 is 28.4. The zero-order valence-corrected chi connectivity index (χ0v) is 9.62. The van der Waals surface area contributed by atoms with Crippen molar-refractivity contribution < 1.29 is 13.5 Å². The highest BCUT2D eigenvalue weighted by atomic mass is 19.3. The number of rotatable bonds is 6. The molecule has 0 fully saturated rings. The molecule has 0 saturated heterocycles. The molecule has 2 rings (SSSR count). The number of nitrogens with two attached hydrogens (primary N) is 1. The van der Waals surface area contributed by atoms with Gasteiger partial charge in [0.2, 0.25) is 0 Å². The lowest BCUT2D eigenvalue weighted by molar-refractivity contribution is 0.0215. The number of aromatic nitrogens is 2. The van der Waals surface area contributed by atoms with E-state index in [9.17, 15) is 8.78 Å². The van der Waals surface area contributed by atoms with Crippen LogP contribution in [0.3, 0.4) is 0 Å². The third kappa shape index (κ3) is 3.07. The molecule has 18 heavy (non-hydrogen) atoms. The Hall–Kier alpha value is -1.89. The summed E-state index contributed by atoms with van der Waals surface area (Å²) in [6.45, 7) is 0.0676. The van der Waals surface area contributed by atoms with Crippen molar-refractivity contribution in [2.24, 2.45) is 0 Å². The topological polar surface area (TPSA) is 76.0 Å². The molecule has 0 atom stereocenters. The van der Waals surface area contributed by atoms with Gasteiger partial charge < -0.3 is 15.8 Å². The van der Waals surface area contributed by atoms with Crippen molar-refractivity contribution in [2.45, 2.75) is 6.43 Å². The summed E-state index contributed by atoms with van der Waals surface area (Å²) in [6.07, 6.45) is -0.752. The molecule has 1 aromatic heterocycles. The fourth-order valence-corrected chi connectivity index (χ4v) is 1.59. The van der Waals surface area contributed by atoms with Crippen molar-refractivity contribution in [3.05, 3.63) is 18.3 Å². The maximum absolute atomic E-state index is 11.8. The normalized spacial score (nSPS) is 11.3. The summed E-state index contributed by atoms with van der Waals surface area (Å²) >= 11 is 0. The molecule has 4 N–H and O–H groups in total. The van der Waals surface area contributed by atoms with E-state index in [-0.39, 0.29) is 6.61 Å². The van der Waals surface area contributed by atoms with Crippen LogP contribution in [-0.2, 0) is 4.74 Å². The van der Waals surface area contributed by atoms with Crippen LogP contribution in [0.4, 0.5) is 20.2 Å². The van der Waals surface area contributed by atoms with Crippen molar-refractivity contribution >= 4 is 22.3 Å². The van der Waals surface area contributed by atoms with E-state index in [1.165, 1.54) is 0 Å². The number of anilines is 2. The van der Waals surface area contributed by atoms with E-state index in [4.69, 9.17) is 10.5 Å². The first kappa shape index (κ1) is 12.6. The number of nitrogens with zero attached hydrogens (tertiary/aromatic N) is 1. The molecule has 98 valence electrons. The number of halogens is 2. The van der Waals surface area contributed by atoms with Crippen LogP contribution in [-0.4, -0.2) is 36.4 Å². The summed E-state index contributed by atoms with van der Waals surface area (Å²) in [7, 11) is 0. The number of hydrogen-bond acceptors (Lipinski definition) is 4. The van der Waals surface area contributed by atoms with Gasteiger partial charge in [-0.15, -0.1) is 0 Å². The molecule has 0 aliphatic carbocycles. The highest BCUT2D eigenvalue weighted by Gasteiger charge is 2.04. The second kappa shape index (κ2) is 5.63. The number of H-pyrrole nitrogens is 1. The van der Waals surface area contributed by atoms with Crippen molar-refractivity contribution in [2.75, 3.05) is 30.8 Å². The first-order chi connectivity index (χ1) is 8.66. The fraction of sp³-hybridized carbons (Fsp3) is 0.364. The Morgan fingerprint density at radius 2 is 2.28 bits per heavy atom. The summed E-state index contributed by atoms with van der Waals surface area (Å²) in [5.41, 5.74) is 8.02. The highest BCUT2D eigenvalue weighted by molar-refractivity contribution is 5.88. The molecule has 0 aliphatic rings. The molecule has 0 aliphatic heterocycles. The van der Waals surface area contributed by atoms with Gasteiger partial charge in [-0.3, -0.25) is 5.10 Å². The minimum Gasteiger partial charge on any atom is -0.397 e. The van der Waals surface area contributed by atoms with Crippen LogP contribution in [0.5, 0.6) is 0 Å². The standard InChI is InChI=1S/C11H14F2N4O/c12-11(13)6-18-2-1-15-10-4-9-7(3-8(10)14)5-16-17-9/h3-5,11,15H,1-2,6,14H2,(H,16,17). The third-order valence-corrected chi connectivity index (χ3v) is 2.42. The molecule has 0 spiro atoms. The van der Waals surface area contributed by atoms with Crippen molar-refractivity contribution in [1.29, 1.82) is 0 Å². The zero-order chi connectivity index (χ0) is 13.0. The molecule has 0 bridgehead atoms. The summed E-state index contributed by atoms with van der Waals surface area (Å²) in [5, 5.41) is 10.7. The third-order valence-electron chi connectivity index (χ3n) is 2.42. The van der Waals surface area contributed by atoms with Gasteiger partial charge in [0.15, 0.2) is 0 Å². The molecule has 1 heterocycles. The van der Waals surface area contributed by atoms with Crippen molar-refractivity contribution in [3.63, 3.8) is 0 Å². The second-order valence-corrected chi connectivity index (χ2v) is 3.79. The summed E-state index contributed by atoms with van der Waals surface area (Å²) in [6, 6.07) is 3.62. The zero-order valence-electron chi connectivity index (χ0n) is 9.62. The largest absolute Gasteiger partial charge is 0.397 e. The Bertz CT molecular complexity index is 515. The van der Waals surface area contributed by atoms with E-state index in [2.05, 4.69) is 15.5 Å². The number of aromatic amines is 1. The Morgan fingerprint density at radius 3 is 3.06 bits per heavy atom. The van der Waals surface area contributed by atoms with E-state index < -0.39 is 13.0 Å². The molecular formula is C11H14F2N4O. The molecule has 5 nitrogen and oxygen atoms in total. The van der Waals surface area contributed by atoms with Crippen molar-refractivity contribution in [1.82, 2.24) is 10.2 Å². The maximum atomic E-state index is 11.8. The summed E-state index contributed by atoms with van der Waals surface area (Å²) in [5.74, 6) is 0. The first-order valence-corrected chi connectivity index (χ1v) is 5.49. The summed E-state index contributed by atoms with van der Waals surface area (Å²) in [4.78, 5) is 0. The maximum Gasteiger partial charge on any atom is 0.261 e. The van der Waals surface area contributed by atoms with Crippen LogP contribution < -0.4 is 11.1 Å². The predicted octanol–water partition coefficient (Wildman–Crippen LogP) is 1.84. The van der Waals surface area contributed by atoms with Crippen LogP contribution >= 0.6 is 0 Å². The number of hydrogen-bond donors (Lipinski definition) is 3. The monoisotopic (exact) mass is 256 g/mol. The van der Waals surface area contributed by atoms with E-state index in [1.54, 1.807) is 12.3 Å². The molecule has 1 aromatic carbocycles. The van der Waals surface area contributed by atoms with Gasteiger partial charge in [-0.05, 0) is 12.1 Å². The van der Waals surface area contributed by atoms with Crippen LogP contribution in [0.2, 0.25) is 0 Å². The van der Waals surface area contributed by atoms with E-state index in [0.717, 1.165) is 16.6 Å². The Labute approximate surface area is 102 Å². The van der Waals surface area contributed by atoms with Crippen LogP contribution in [0, 0.1) is 0 Å². The molecule has 0 unspecified atom stereocenters. The van der Waals surface area contributed by atoms with Crippen LogP contribution in [0.1, 0.15) is 0 Å². The number of fused-ring (bicyclic) bond motifs is 1. The van der Waals surface area contributed by atoms with Crippen LogP contribution in [0.25, 0.3) is 10.9 Å². The minimum absolute atomic E-state index is 0.199. The lowest BCUT2D eigenvalue weighted by Gasteiger charge is -2.09. The van der Waals surface area contributed by atoms with Gasteiger partial charge in [0.1, 0.15) is 6.61 Å². The Balaban J connectivity index is 1.88. The molecule has 0 amide bonds. The number of alkyl halides is 2. The van der Waals surface area contributed by atoms with Crippen molar-refractivity contribution in [3.8, 4) is 0 Å². The van der Waals surface area contributed by atoms with Gasteiger partial charge in [-0.1, -0.05) is 0 Å².